The van der Waals surface area contributed by atoms with Crippen molar-refractivity contribution in [3.63, 3.8) is 0 Å². The smallest absolute Gasteiger partial charge is 0.255 e. The van der Waals surface area contributed by atoms with Gasteiger partial charge in [-0.15, -0.1) is 12.4 Å². The van der Waals surface area contributed by atoms with Gasteiger partial charge in [0.25, 0.3) is 5.91 Å². The number of fused-ring (bicyclic) bond motifs is 2. The van der Waals surface area contributed by atoms with Gasteiger partial charge in [-0.05, 0) is 43.9 Å². The quantitative estimate of drug-likeness (QED) is 0.522. The molecule has 2 aliphatic heterocycles. The predicted octanol–water partition coefficient (Wildman–Crippen LogP) is 2.66. The highest BCUT2D eigenvalue weighted by Gasteiger charge is 2.29. The second-order valence-electron chi connectivity index (χ2n) is 8.24. The van der Waals surface area contributed by atoms with Crippen molar-refractivity contribution in [1.29, 1.82) is 0 Å². The van der Waals surface area contributed by atoms with Gasteiger partial charge in [0, 0.05) is 18.8 Å². The molecule has 32 heavy (non-hydrogen) atoms. The summed E-state index contributed by atoms with van der Waals surface area (Å²) >= 11 is 0. The Balaban J connectivity index is 0.00000216. The van der Waals surface area contributed by atoms with Crippen LogP contribution in [0.5, 0.6) is 17.2 Å². The summed E-state index contributed by atoms with van der Waals surface area (Å²) in [5.41, 5.74) is 3.07. The van der Waals surface area contributed by atoms with Crippen LogP contribution in [0.4, 0.5) is 0 Å². The Morgan fingerprint density at radius 1 is 1.22 bits per heavy atom. The second kappa shape index (κ2) is 8.48. The van der Waals surface area contributed by atoms with Crippen LogP contribution in [0.15, 0.2) is 24.7 Å². The van der Waals surface area contributed by atoms with Gasteiger partial charge in [0.15, 0.2) is 11.5 Å². The van der Waals surface area contributed by atoms with Crippen LogP contribution in [0.25, 0.3) is 22.3 Å². The van der Waals surface area contributed by atoms with Crippen LogP contribution in [0.2, 0.25) is 0 Å². The van der Waals surface area contributed by atoms with Gasteiger partial charge in [-0.1, -0.05) is 0 Å². The molecule has 3 aromatic rings. The van der Waals surface area contributed by atoms with Crippen LogP contribution in [0.1, 0.15) is 29.6 Å². The Hall–Kier alpha value is -3.04. The highest BCUT2D eigenvalue weighted by molar-refractivity contribution is 6.08. The summed E-state index contributed by atoms with van der Waals surface area (Å²) in [5.74, 6) is 2.40. The van der Waals surface area contributed by atoms with E-state index in [-0.39, 0.29) is 31.1 Å². The molecule has 0 bridgehead atoms. The first-order chi connectivity index (χ1) is 15.3. The third-order valence-corrected chi connectivity index (χ3v) is 6.01. The average Bonchev–Trinajstić information content (AvgIpc) is 3.16. The van der Waals surface area contributed by atoms with Crippen molar-refractivity contribution in [2.45, 2.75) is 25.3 Å². The monoisotopic (exact) mass is 457 g/mol. The van der Waals surface area contributed by atoms with Crippen molar-refractivity contribution in [2.24, 2.45) is 5.92 Å². The molecule has 0 radical (unpaired) electrons. The largest absolute Gasteiger partial charge is 0.492 e. The number of H-pyrrole nitrogens is 1. The lowest BCUT2D eigenvalue weighted by atomic mass is 10.1. The van der Waals surface area contributed by atoms with Gasteiger partial charge in [0.1, 0.15) is 23.3 Å². The minimum atomic E-state index is -0.146. The van der Waals surface area contributed by atoms with Gasteiger partial charge in [-0.3, -0.25) is 4.79 Å². The Kier molecular flexibility index (Phi) is 5.52. The number of carbonyl (C=O) groups is 1. The van der Waals surface area contributed by atoms with Crippen LogP contribution in [-0.2, 0) is 0 Å². The van der Waals surface area contributed by atoms with Gasteiger partial charge < -0.3 is 29.8 Å². The van der Waals surface area contributed by atoms with Gasteiger partial charge in [-0.2, -0.15) is 0 Å². The van der Waals surface area contributed by atoms with Crippen molar-refractivity contribution < 1.29 is 19.0 Å². The Morgan fingerprint density at radius 3 is 2.94 bits per heavy atom. The third-order valence-electron chi connectivity index (χ3n) is 6.01. The molecule has 1 saturated heterocycles. The highest BCUT2D eigenvalue weighted by atomic mass is 35.5. The maximum Gasteiger partial charge on any atom is 0.255 e. The summed E-state index contributed by atoms with van der Waals surface area (Å²) in [6, 6.07) is 3.88. The number of nitrogens with one attached hydrogen (secondary N) is 3. The standard InChI is InChI=1S/C22H23N5O4.ClH/c28-22(27-13-5-6-23-7-13)14-8-24-20-18(14)25-10-26-19(20)17-15(29-9-12-1-2-12)3-4-16-21(17)31-11-30-16;/h3-4,8,10,12-13,23-24H,1-2,5-7,9,11H2,(H,27,28);1H/t13-;/m1./s1. The van der Waals surface area contributed by atoms with Crippen molar-refractivity contribution in [1.82, 2.24) is 25.6 Å². The molecule has 1 aliphatic carbocycles. The van der Waals surface area contributed by atoms with Crippen molar-refractivity contribution >= 4 is 29.3 Å². The summed E-state index contributed by atoms with van der Waals surface area (Å²) < 4.78 is 17.5. The van der Waals surface area contributed by atoms with E-state index in [0.29, 0.717) is 52.1 Å². The first-order valence-corrected chi connectivity index (χ1v) is 10.7. The molecule has 1 amide bonds. The zero-order valence-corrected chi connectivity index (χ0v) is 18.2. The molecule has 0 unspecified atom stereocenters. The summed E-state index contributed by atoms with van der Waals surface area (Å²) in [6.45, 7) is 2.50. The predicted molar refractivity (Wildman–Crippen MR) is 120 cm³/mol. The number of benzene rings is 1. The van der Waals surface area contributed by atoms with E-state index < -0.39 is 0 Å². The molecule has 6 rings (SSSR count). The summed E-state index contributed by atoms with van der Waals surface area (Å²) in [7, 11) is 0. The number of ether oxygens (including phenoxy) is 3. The van der Waals surface area contributed by atoms with Gasteiger partial charge in [0.05, 0.1) is 23.3 Å². The number of hydrogen-bond donors (Lipinski definition) is 3. The zero-order valence-electron chi connectivity index (χ0n) is 17.3. The lowest BCUT2D eigenvalue weighted by Gasteiger charge is -2.14. The lowest BCUT2D eigenvalue weighted by molar-refractivity contribution is 0.0941. The van der Waals surface area contributed by atoms with Crippen LogP contribution in [0.3, 0.4) is 0 Å². The second-order valence-corrected chi connectivity index (χ2v) is 8.24. The number of aromatic amines is 1. The maximum atomic E-state index is 12.9. The minimum Gasteiger partial charge on any atom is -0.492 e. The van der Waals surface area contributed by atoms with Gasteiger partial charge in [0.2, 0.25) is 6.79 Å². The molecule has 10 heteroatoms. The first kappa shape index (κ1) is 20.8. The van der Waals surface area contributed by atoms with Crippen LogP contribution >= 0.6 is 12.4 Å². The number of halogens is 1. The Bertz CT molecular complexity index is 1160. The van der Waals surface area contributed by atoms with Gasteiger partial charge >= 0.3 is 0 Å². The normalized spacial score (nSPS) is 19.1. The third kappa shape index (κ3) is 3.71. The van der Waals surface area contributed by atoms with E-state index in [1.165, 1.54) is 19.2 Å². The van der Waals surface area contributed by atoms with Crippen molar-refractivity contribution in [2.75, 3.05) is 26.5 Å². The van der Waals surface area contributed by atoms with E-state index in [1.54, 1.807) is 6.20 Å². The van der Waals surface area contributed by atoms with Crippen LogP contribution < -0.4 is 24.8 Å². The summed E-state index contributed by atoms with van der Waals surface area (Å²) in [5, 5.41) is 6.33. The zero-order chi connectivity index (χ0) is 20.8. The molecule has 1 aromatic carbocycles. The summed E-state index contributed by atoms with van der Waals surface area (Å²) in [6.07, 6.45) is 6.47. The topological polar surface area (TPSA) is 110 Å². The van der Waals surface area contributed by atoms with Crippen LogP contribution in [0, 0.1) is 5.92 Å². The number of carbonyl (C=O) groups excluding carboxylic acids is 1. The number of nitrogens with zero attached hydrogens (tertiary/aromatic N) is 2. The van der Waals surface area contributed by atoms with E-state index >= 15 is 0 Å². The van der Waals surface area contributed by atoms with E-state index in [2.05, 4.69) is 25.6 Å². The molecule has 1 atom stereocenters. The van der Waals surface area contributed by atoms with E-state index in [0.717, 1.165) is 25.1 Å². The Labute approximate surface area is 190 Å². The number of rotatable bonds is 6. The molecule has 3 N–H and O–H groups in total. The molecular weight excluding hydrogens is 434 g/mol. The fourth-order valence-electron chi connectivity index (χ4n) is 4.13. The van der Waals surface area contributed by atoms with E-state index in [4.69, 9.17) is 14.2 Å². The highest BCUT2D eigenvalue weighted by Crippen LogP contribution is 2.48. The number of hydrogen-bond acceptors (Lipinski definition) is 7. The molecule has 3 aliphatic rings. The van der Waals surface area contributed by atoms with Gasteiger partial charge in [-0.25, -0.2) is 9.97 Å². The molecule has 2 aromatic heterocycles. The SMILES string of the molecule is Cl.O=C(N[C@@H]1CCNC1)c1c[nH]c2c(-c3c(OCC4CC4)ccc4c3OCO4)ncnc12. The number of aromatic nitrogens is 3. The molecule has 1 saturated carbocycles. The average molecular weight is 458 g/mol. The summed E-state index contributed by atoms with van der Waals surface area (Å²) in [4.78, 5) is 25.0. The van der Waals surface area contributed by atoms with E-state index in [9.17, 15) is 4.79 Å². The number of amides is 1. The van der Waals surface area contributed by atoms with E-state index in [1.807, 2.05) is 12.1 Å². The fraction of sp³-hybridized carbons (Fsp3) is 0.409. The molecule has 168 valence electrons. The Morgan fingerprint density at radius 2 is 2.12 bits per heavy atom. The first-order valence-electron chi connectivity index (χ1n) is 10.7. The van der Waals surface area contributed by atoms with Crippen molar-refractivity contribution in [3.8, 4) is 28.5 Å². The molecule has 9 nitrogen and oxygen atoms in total. The van der Waals surface area contributed by atoms with Crippen LogP contribution in [-0.4, -0.2) is 53.4 Å². The fourth-order valence-corrected chi connectivity index (χ4v) is 4.13. The molecule has 0 spiro atoms. The molecule has 4 heterocycles. The van der Waals surface area contributed by atoms with Crippen molar-refractivity contribution in [3.05, 3.63) is 30.2 Å². The molecule has 2 fully saturated rings. The minimum absolute atomic E-state index is 0. The maximum absolute atomic E-state index is 12.9. The molecular formula is C22H24ClN5O4. The lowest BCUT2D eigenvalue weighted by Crippen LogP contribution is -2.36.